The summed E-state index contributed by atoms with van der Waals surface area (Å²) in [7, 11) is 0. The molecule has 1 aliphatic rings. The van der Waals surface area contributed by atoms with Gasteiger partial charge in [0.15, 0.2) is 0 Å². The van der Waals surface area contributed by atoms with Gasteiger partial charge in [0.1, 0.15) is 5.01 Å². The van der Waals surface area contributed by atoms with E-state index in [1.165, 1.54) is 16.9 Å². The third kappa shape index (κ3) is 6.11. The highest BCUT2D eigenvalue weighted by Gasteiger charge is 2.21. The molecule has 1 fully saturated rings. The predicted octanol–water partition coefficient (Wildman–Crippen LogP) is 1.95. The molecule has 0 aliphatic carbocycles. The van der Waals surface area contributed by atoms with Crippen molar-refractivity contribution in [1.82, 2.24) is 20.0 Å². The second kappa shape index (κ2) is 9.57. The Labute approximate surface area is 163 Å². The Kier molecular flexibility index (Phi) is 6.89. The summed E-state index contributed by atoms with van der Waals surface area (Å²) in [6.07, 6.45) is 1.43. The van der Waals surface area contributed by atoms with Crippen molar-refractivity contribution >= 4 is 28.3 Å². The smallest absolute Gasteiger partial charge is 0.226 e. The second-order valence-corrected chi connectivity index (χ2v) is 7.81. The first-order chi connectivity index (χ1) is 13.1. The van der Waals surface area contributed by atoms with Crippen LogP contribution in [0.1, 0.15) is 23.4 Å². The molecular formula is C19H25N5O2S. The fraction of sp³-hybridized carbons (Fsp3) is 0.474. The van der Waals surface area contributed by atoms with Crippen molar-refractivity contribution in [3.8, 4) is 0 Å². The zero-order valence-corrected chi connectivity index (χ0v) is 16.4. The van der Waals surface area contributed by atoms with E-state index in [0.29, 0.717) is 5.13 Å². The van der Waals surface area contributed by atoms with Crippen LogP contribution in [0.3, 0.4) is 0 Å². The van der Waals surface area contributed by atoms with E-state index < -0.39 is 0 Å². The Hall–Kier alpha value is -2.32. The summed E-state index contributed by atoms with van der Waals surface area (Å²) in [5, 5.41) is 11.7. The highest BCUT2D eigenvalue weighted by molar-refractivity contribution is 7.15. The van der Waals surface area contributed by atoms with Crippen molar-refractivity contribution in [2.45, 2.75) is 26.2 Å². The summed E-state index contributed by atoms with van der Waals surface area (Å²) in [4.78, 5) is 28.5. The van der Waals surface area contributed by atoms with Crippen LogP contribution in [0.5, 0.6) is 0 Å². The van der Waals surface area contributed by atoms with Crippen LogP contribution >= 0.6 is 11.3 Å². The number of piperazine rings is 1. The number of carbonyl (C=O) groups excluding carboxylic acids is 2. The quantitative estimate of drug-likeness (QED) is 0.786. The Morgan fingerprint density at radius 1 is 1.07 bits per heavy atom. The largest absolute Gasteiger partial charge is 0.340 e. The average Bonchev–Trinajstić information content (AvgIpc) is 3.10. The van der Waals surface area contributed by atoms with Gasteiger partial charge in [0.05, 0.1) is 0 Å². The molecule has 27 heavy (non-hydrogen) atoms. The number of anilines is 1. The maximum atomic E-state index is 12.3. The van der Waals surface area contributed by atoms with Gasteiger partial charge in [-0.15, -0.1) is 10.2 Å². The number of nitrogens with zero attached hydrogens (tertiary/aromatic N) is 4. The number of aryl methyl sites for hydroxylation is 1. The number of rotatable bonds is 7. The predicted molar refractivity (Wildman–Crippen MR) is 106 cm³/mol. The fourth-order valence-corrected chi connectivity index (χ4v) is 3.67. The molecule has 3 rings (SSSR count). The number of hydrogen-bond donors (Lipinski definition) is 1. The maximum absolute atomic E-state index is 12.3. The van der Waals surface area contributed by atoms with Gasteiger partial charge in [-0.05, 0) is 18.9 Å². The molecule has 144 valence electrons. The second-order valence-electron chi connectivity index (χ2n) is 6.63. The highest BCUT2D eigenvalue weighted by atomic mass is 32.1. The minimum absolute atomic E-state index is 0.0429. The van der Waals surface area contributed by atoms with Gasteiger partial charge in [0, 0.05) is 45.6 Å². The van der Waals surface area contributed by atoms with Crippen LogP contribution in [0.2, 0.25) is 0 Å². The van der Waals surface area contributed by atoms with E-state index in [0.717, 1.165) is 44.2 Å². The number of amides is 2. The van der Waals surface area contributed by atoms with E-state index in [2.05, 4.69) is 44.7 Å². The van der Waals surface area contributed by atoms with Crippen molar-refractivity contribution in [1.29, 1.82) is 0 Å². The molecule has 2 amide bonds. The molecule has 1 N–H and O–H groups in total. The number of carbonyl (C=O) groups is 2. The Morgan fingerprint density at radius 3 is 2.48 bits per heavy atom. The lowest BCUT2D eigenvalue weighted by molar-refractivity contribution is -0.134. The maximum Gasteiger partial charge on any atom is 0.226 e. The number of hydrogen-bond acceptors (Lipinski definition) is 6. The molecule has 0 saturated carbocycles. The van der Waals surface area contributed by atoms with Gasteiger partial charge in [-0.3, -0.25) is 14.5 Å². The minimum Gasteiger partial charge on any atom is -0.340 e. The Bertz CT molecular complexity index is 756. The molecule has 2 aromatic rings. The molecule has 1 aromatic carbocycles. The minimum atomic E-state index is -0.194. The van der Waals surface area contributed by atoms with Gasteiger partial charge in [0.25, 0.3) is 0 Å². The van der Waals surface area contributed by atoms with Crippen LogP contribution < -0.4 is 5.32 Å². The molecule has 0 spiro atoms. The monoisotopic (exact) mass is 387 g/mol. The molecule has 0 radical (unpaired) electrons. The van der Waals surface area contributed by atoms with Gasteiger partial charge in [-0.1, -0.05) is 41.7 Å². The first-order valence-corrected chi connectivity index (χ1v) is 10.1. The van der Waals surface area contributed by atoms with Crippen LogP contribution in [0.15, 0.2) is 30.3 Å². The van der Waals surface area contributed by atoms with Gasteiger partial charge in [-0.25, -0.2) is 0 Å². The van der Waals surface area contributed by atoms with Gasteiger partial charge >= 0.3 is 0 Å². The molecule has 1 aliphatic heterocycles. The molecule has 8 heteroatoms. The first kappa shape index (κ1) is 19.4. The van der Waals surface area contributed by atoms with Crippen LogP contribution in [-0.4, -0.2) is 64.5 Å². The number of benzene rings is 1. The summed E-state index contributed by atoms with van der Waals surface area (Å²) < 4.78 is 0. The van der Waals surface area contributed by atoms with Crippen molar-refractivity contribution in [2.75, 3.05) is 38.0 Å². The summed E-state index contributed by atoms with van der Waals surface area (Å²) in [6, 6.07) is 10.5. The Balaban J connectivity index is 1.34. The fourth-order valence-electron chi connectivity index (χ4n) is 3.06. The number of aromatic nitrogens is 2. The third-order valence-corrected chi connectivity index (χ3v) is 5.38. The van der Waals surface area contributed by atoms with Gasteiger partial charge in [-0.2, -0.15) is 0 Å². The first-order valence-electron chi connectivity index (χ1n) is 9.24. The zero-order chi connectivity index (χ0) is 19.1. The lowest BCUT2D eigenvalue weighted by atomic mass is 10.1. The van der Waals surface area contributed by atoms with E-state index in [1.54, 1.807) is 0 Å². The van der Waals surface area contributed by atoms with E-state index >= 15 is 0 Å². The lowest BCUT2D eigenvalue weighted by Gasteiger charge is -2.34. The average molecular weight is 388 g/mol. The summed E-state index contributed by atoms with van der Waals surface area (Å²) in [6.45, 7) is 6.06. The van der Waals surface area contributed by atoms with Crippen molar-refractivity contribution in [3.05, 3.63) is 40.9 Å². The van der Waals surface area contributed by atoms with Crippen LogP contribution in [0.25, 0.3) is 0 Å². The Morgan fingerprint density at radius 2 is 1.81 bits per heavy atom. The molecule has 0 atom stereocenters. The summed E-state index contributed by atoms with van der Waals surface area (Å²) in [5.74, 6) is -0.151. The number of nitrogens with one attached hydrogen (secondary N) is 1. The lowest BCUT2D eigenvalue weighted by Crippen LogP contribution is -2.49. The molecule has 1 saturated heterocycles. The topological polar surface area (TPSA) is 78.4 Å². The third-order valence-electron chi connectivity index (χ3n) is 4.62. The SMILES string of the molecule is Cc1nnc(NC(=O)CCC(=O)N2CCN(CCc3ccccc3)CC2)s1. The van der Waals surface area contributed by atoms with Crippen molar-refractivity contribution in [3.63, 3.8) is 0 Å². The van der Waals surface area contributed by atoms with Crippen LogP contribution in [0.4, 0.5) is 5.13 Å². The van der Waals surface area contributed by atoms with E-state index in [4.69, 9.17) is 0 Å². The molecule has 0 bridgehead atoms. The van der Waals surface area contributed by atoms with Gasteiger partial charge in [0.2, 0.25) is 16.9 Å². The summed E-state index contributed by atoms with van der Waals surface area (Å²) in [5.41, 5.74) is 1.34. The zero-order valence-electron chi connectivity index (χ0n) is 15.6. The van der Waals surface area contributed by atoms with E-state index in [9.17, 15) is 9.59 Å². The van der Waals surface area contributed by atoms with Crippen molar-refractivity contribution in [2.24, 2.45) is 0 Å². The molecule has 1 aromatic heterocycles. The van der Waals surface area contributed by atoms with E-state index in [1.807, 2.05) is 17.9 Å². The van der Waals surface area contributed by atoms with Crippen LogP contribution in [0, 0.1) is 6.92 Å². The standard InChI is InChI=1S/C19H25N5O2S/c1-15-21-22-19(27-15)20-17(25)7-8-18(26)24-13-11-23(12-14-24)10-9-16-5-3-2-4-6-16/h2-6H,7-14H2,1H3,(H,20,22,25). The molecule has 7 nitrogen and oxygen atoms in total. The molecule has 2 heterocycles. The normalized spacial score (nSPS) is 14.9. The molecule has 0 unspecified atom stereocenters. The van der Waals surface area contributed by atoms with Crippen LogP contribution in [-0.2, 0) is 16.0 Å². The van der Waals surface area contributed by atoms with Gasteiger partial charge < -0.3 is 10.2 Å². The van der Waals surface area contributed by atoms with Crippen molar-refractivity contribution < 1.29 is 9.59 Å². The molecular weight excluding hydrogens is 362 g/mol. The highest BCUT2D eigenvalue weighted by Crippen LogP contribution is 2.14. The van der Waals surface area contributed by atoms with E-state index in [-0.39, 0.29) is 24.7 Å². The summed E-state index contributed by atoms with van der Waals surface area (Å²) >= 11 is 1.33.